The number of rotatable bonds is 4. The van der Waals surface area contributed by atoms with E-state index < -0.39 is 10.8 Å². The highest BCUT2D eigenvalue weighted by atomic mass is 32.2. The molecule has 18 heavy (non-hydrogen) atoms. The van der Waals surface area contributed by atoms with E-state index in [1.165, 1.54) is 5.56 Å². The lowest BCUT2D eigenvalue weighted by Gasteiger charge is -2.06. The Morgan fingerprint density at radius 2 is 1.94 bits per heavy atom. The topological polar surface area (TPSA) is 47.8 Å². The minimum atomic E-state index is -1.07. The molecule has 1 heterocycles. The molecule has 2 rings (SSSR count). The van der Waals surface area contributed by atoms with E-state index in [0.29, 0.717) is 11.7 Å². The number of aryl methyl sites for hydroxylation is 1. The first-order valence-corrected chi connectivity index (χ1v) is 7.21. The molecule has 0 aliphatic carbocycles. The molecule has 0 spiro atoms. The Labute approximate surface area is 110 Å². The van der Waals surface area contributed by atoms with Crippen molar-refractivity contribution in [1.29, 1.82) is 0 Å². The fraction of sp³-hybridized carbons (Fsp3) is 0.385. The van der Waals surface area contributed by atoms with Crippen molar-refractivity contribution in [3.8, 4) is 0 Å². The summed E-state index contributed by atoms with van der Waals surface area (Å²) in [4.78, 5) is 0.836. The lowest BCUT2D eigenvalue weighted by Crippen LogP contribution is -2.03. The van der Waals surface area contributed by atoms with Gasteiger partial charge in [0.15, 0.2) is 0 Å². The summed E-state index contributed by atoms with van der Waals surface area (Å²) in [5.74, 6) is 1.63. The molecule has 5 heteroatoms. The first-order valence-electron chi connectivity index (χ1n) is 5.89. The summed E-state index contributed by atoms with van der Waals surface area (Å²) < 4.78 is 14.0. The quantitative estimate of drug-likeness (QED) is 0.850. The maximum atomic E-state index is 12.2. The largest absolute Gasteiger partial charge is 0.320 e. The summed E-state index contributed by atoms with van der Waals surface area (Å²) >= 11 is 0. The van der Waals surface area contributed by atoms with E-state index in [0.717, 1.165) is 10.7 Å². The molecule has 1 aromatic carbocycles. The van der Waals surface area contributed by atoms with Gasteiger partial charge in [0, 0.05) is 11.9 Å². The smallest absolute Gasteiger partial charge is 0.145 e. The minimum absolute atomic E-state index is 0.400. The van der Waals surface area contributed by atoms with Crippen molar-refractivity contribution in [2.45, 2.75) is 30.4 Å². The summed E-state index contributed by atoms with van der Waals surface area (Å²) in [6.07, 6.45) is 1.62. The van der Waals surface area contributed by atoms with E-state index in [2.05, 4.69) is 24.0 Å². The average molecular weight is 263 g/mol. The van der Waals surface area contributed by atoms with Gasteiger partial charge in [-0.3, -0.25) is 4.21 Å². The van der Waals surface area contributed by atoms with E-state index in [4.69, 9.17) is 0 Å². The highest BCUT2D eigenvalue weighted by Crippen LogP contribution is 2.17. The Hall–Kier alpha value is -1.49. The summed E-state index contributed by atoms with van der Waals surface area (Å²) in [7, 11) is 0.788. The van der Waals surface area contributed by atoms with Gasteiger partial charge in [-0.05, 0) is 23.6 Å². The summed E-state index contributed by atoms with van der Waals surface area (Å²) in [6, 6.07) is 7.94. The fourth-order valence-corrected chi connectivity index (χ4v) is 2.75. The average Bonchev–Trinajstić information content (AvgIpc) is 2.75. The fourth-order valence-electron chi connectivity index (χ4n) is 1.64. The Morgan fingerprint density at radius 3 is 2.44 bits per heavy atom. The molecule has 0 aliphatic heterocycles. The molecule has 0 radical (unpaired) electrons. The van der Waals surface area contributed by atoms with Crippen molar-refractivity contribution in [2.75, 3.05) is 0 Å². The van der Waals surface area contributed by atoms with Gasteiger partial charge in [0.2, 0.25) is 0 Å². The van der Waals surface area contributed by atoms with Crippen LogP contribution in [0.3, 0.4) is 0 Å². The molecule has 1 unspecified atom stereocenters. The monoisotopic (exact) mass is 263 g/mol. The van der Waals surface area contributed by atoms with Gasteiger partial charge in [0.1, 0.15) is 12.2 Å². The van der Waals surface area contributed by atoms with Crippen molar-refractivity contribution < 1.29 is 4.21 Å². The van der Waals surface area contributed by atoms with E-state index in [1.807, 2.05) is 31.3 Å². The zero-order valence-corrected chi connectivity index (χ0v) is 11.6. The maximum absolute atomic E-state index is 12.2. The van der Waals surface area contributed by atoms with Gasteiger partial charge in [0.25, 0.3) is 0 Å². The number of benzene rings is 1. The van der Waals surface area contributed by atoms with Crippen LogP contribution in [0.1, 0.15) is 31.2 Å². The Bertz CT molecular complexity index is 546. The second-order valence-corrected chi connectivity index (χ2v) is 6.02. The molecule has 0 N–H and O–H groups in total. The Balaban J connectivity index is 2.12. The van der Waals surface area contributed by atoms with Crippen molar-refractivity contribution in [3.63, 3.8) is 0 Å². The Morgan fingerprint density at radius 1 is 1.28 bits per heavy atom. The predicted molar refractivity (Wildman–Crippen MR) is 71.6 cm³/mol. The molecule has 0 fully saturated rings. The molecule has 0 saturated carbocycles. The zero-order valence-electron chi connectivity index (χ0n) is 10.8. The molecule has 0 aliphatic rings. The first-order chi connectivity index (χ1) is 8.58. The molecular weight excluding hydrogens is 246 g/mol. The number of hydrogen-bond donors (Lipinski definition) is 0. The highest BCUT2D eigenvalue weighted by molar-refractivity contribution is 7.84. The van der Waals surface area contributed by atoms with Crippen molar-refractivity contribution in [2.24, 2.45) is 7.05 Å². The molecule has 1 aromatic heterocycles. The molecule has 2 aromatic rings. The van der Waals surface area contributed by atoms with Crippen LogP contribution in [0.2, 0.25) is 0 Å². The molecule has 1 atom stereocenters. The molecule has 96 valence electrons. The summed E-state index contributed by atoms with van der Waals surface area (Å²) in [6.45, 7) is 4.29. The summed E-state index contributed by atoms with van der Waals surface area (Å²) in [5, 5.41) is 7.73. The molecule has 4 nitrogen and oxygen atoms in total. The van der Waals surface area contributed by atoms with Crippen molar-refractivity contribution in [3.05, 3.63) is 42.0 Å². The van der Waals surface area contributed by atoms with Crippen LogP contribution in [0.4, 0.5) is 0 Å². The molecular formula is C13H17N3OS. The highest BCUT2D eigenvalue weighted by Gasteiger charge is 2.09. The van der Waals surface area contributed by atoms with Crippen LogP contribution >= 0.6 is 0 Å². The van der Waals surface area contributed by atoms with Gasteiger partial charge in [-0.25, -0.2) is 0 Å². The van der Waals surface area contributed by atoms with E-state index in [1.54, 1.807) is 10.9 Å². The van der Waals surface area contributed by atoms with E-state index in [9.17, 15) is 4.21 Å². The predicted octanol–water partition coefficient (Wildman–Crippen LogP) is 2.25. The van der Waals surface area contributed by atoms with E-state index in [-0.39, 0.29) is 0 Å². The van der Waals surface area contributed by atoms with Crippen molar-refractivity contribution in [1.82, 2.24) is 14.8 Å². The Kier molecular flexibility index (Phi) is 3.91. The van der Waals surface area contributed by atoms with Gasteiger partial charge in [-0.1, -0.05) is 26.0 Å². The van der Waals surface area contributed by atoms with Crippen LogP contribution in [0, 0.1) is 0 Å². The normalized spacial score (nSPS) is 12.9. The molecule has 0 bridgehead atoms. The van der Waals surface area contributed by atoms with Crippen LogP contribution in [-0.4, -0.2) is 19.0 Å². The van der Waals surface area contributed by atoms with Crippen LogP contribution in [0.5, 0.6) is 0 Å². The third kappa shape index (κ3) is 2.85. The zero-order chi connectivity index (χ0) is 13.1. The van der Waals surface area contributed by atoms with Crippen molar-refractivity contribution >= 4 is 10.8 Å². The van der Waals surface area contributed by atoms with Gasteiger partial charge in [0.05, 0.1) is 16.6 Å². The second-order valence-electron chi connectivity index (χ2n) is 4.57. The molecule has 0 saturated heterocycles. The van der Waals surface area contributed by atoms with Crippen LogP contribution in [-0.2, 0) is 23.6 Å². The second kappa shape index (κ2) is 5.44. The lowest BCUT2D eigenvalue weighted by atomic mass is 10.0. The summed E-state index contributed by atoms with van der Waals surface area (Å²) in [5.41, 5.74) is 1.26. The van der Waals surface area contributed by atoms with Gasteiger partial charge in [-0.2, -0.15) is 0 Å². The number of hydrogen-bond acceptors (Lipinski definition) is 3. The number of nitrogens with zero attached hydrogens (tertiary/aromatic N) is 3. The third-order valence-electron chi connectivity index (χ3n) is 2.87. The first kappa shape index (κ1) is 13.0. The van der Waals surface area contributed by atoms with Crippen LogP contribution in [0.25, 0.3) is 0 Å². The number of aromatic nitrogens is 3. The van der Waals surface area contributed by atoms with E-state index >= 15 is 0 Å². The lowest BCUT2D eigenvalue weighted by molar-refractivity contribution is 0.679. The van der Waals surface area contributed by atoms with Gasteiger partial charge in [-0.15, -0.1) is 10.2 Å². The van der Waals surface area contributed by atoms with Crippen LogP contribution in [0.15, 0.2) is 35.5 Å². The maximum Gasteiger partial charge on any atom is 0.145 e. The SMILES string of the molecule is CC(C)c1ccc(S(=O)Cc2nncn2C)cc1. The van der Waals surface area contributed by atoms with Gasteiger partial charge >= 0.3 is 0 Å². The standard InChI is InChI=1S/C13H17N3OS/c1-10(2)11-4-6-12(7-5-11)18(17)8-13-15-14-9-16(13)3/h4-7,9-10H,8H2,1-3H3. The van der Waals surface area contributed by atoms with Gasteiger partial charge < -0.3 is 4.57 Å². The van der Waals surface area contributed by atoms with Crippen LogP contribution < -0.4 is 0 Å². The third-order valence-corrected chi connectivity index (χ3v) is 4.19. The minimum Gasteiger partial charge on any atom is -0.320 e. The molecule has 0 amide bonds.